The highest BCUT2D eigenvalue weighted by atomic mass is 16.3. The number of Topliss-reactive ketones (excluding diaryl/α,β-unsaturated/α-hetero) is 1. The van der Waals surface area contributed by atoms with E-state index in [1.807, 2.05) is 19.9 Å². The second-order valence-electron chi connectivity index (χ2n) is 16.9. The number of ketones is 2. The molecule has 1 N–H and O–H groups in total. The Morgan fingerprint density at radius 3 is 2.38 bits per heavy atom. The lowest BCUT2D eigenvalue weighted by molar-refractivity contribution is -0.243. The molecule has 5 aliphatic carbocycles. The molecular weight excluding hydrogens is 564 g/mol. The first-order chi connectivity index (χ1) is 20.8. The van der Waals surface area contributed by atoms with Gasteiger partial charge in [0.1, 0.15) is 11.7 Å². The molecule has 0 aliphatic heterocycles. The molecule has 0 saturated heterocycles. The van der Waals surface area contributed by atoms with Crippen LogP contribution in [0, 0.1) is 55.7 Å². The van der Waals surface area contributed by atoms with Crippen molar-refractivity contribution in [1.82, 2.24) is 15.1 Å². The molecule has 0 radical (unpaired) electrons. The predicted octanol–water partition coefficient (Wildman–Crippen LogP) is 5.88. The predicted molar refractivity (Wildman–Crippen MR) is 169 cm³/mol. The zero-order valence-electron chi connectivity index (χ0n) is 28.2. The van der Waals surface area contributed by atoms with E-state index in [1.165, 1.54) is 0 Å². The Bertz CT molecular complexity index is 1590. The van der Waals surface area contributed by atoms with E-state index >= 15 is 0 Å². The van der Waals surface area contributed by atoms with Crippen LogP contribution in [0.15, 0.2) is 41.6 Å². The average Bonchev–Trinajstić information content (AvgIpc) is 2.99. The number of nitriles is 1. The molecular formula is C37H48N4O4. The van der Waals surface area contributed by atoms with Crippen molar-refractivity contribution in [3.63, 3.8) is 0 Å². The third kappa shape index (κ3) is 4.01. The van der Waals surface area contributed by atoms with Crippen LogP contribution in [0.5, 0.6) is 0 Å². The molecule has 1 aromatic rings. The topological polar surface area (TPSA) is 124 Å². The van der Waals surface area contributed by atoms with Gasteiger partial charge in [-0.3, -0.25) is 14.4 Å². The molecule has 0 aromatic carbocycles. The van der Waals surface area contributed by atoms with E-state index in [1.54, 1.807) is 36.4 Å². The van der Waals surface area contributed by atoms with Gasteiger partial charge in [-0.25, -0.2) is 0 Å². The molecule has 1 amide bonds. The van der Waals surface area contributed by atoms with Gasteiger partial charge in [0, 0.05) is 42.0 Å². The lowest BCUT2D eigenvalue weighted by atomic mass is 9.33. The van der Waals surface area contributed by atoms with Gasteiger partial charge in [-0.15, -0.1) is 5.10 Å². The smallest absolute Gasteiger partial charge is 0.274 e. The number of amides is 1. The summed E-state index contributed by atoms with van der Waals surface area (Å²) >= 11 is 0. The number of aliphatic hydroxyl groups is 1. The molecule has 0 bridgehead atoms. The normalized spacial score (nSPS) is 43.4. The standard InChI is InChI=1S/C37H48N4O4/c1-31(2)25-11-12-35(6)26(34(25,5)19-23(21-38)29(31)43)18-28(42)37(45)27-20-32(3,13-14-33(27,4)15-16-36(35,37)7)22-41(8)30(44)24-10-9-17-39-40-24/h9-10,17-19,25,27,45H,11-16,20,22H2,1-8H3/t25-,27+,32-,33+,34-,35+,36-,37+/m0/s1. The van der Waals surface area contributed by atoms with Crippen molar-refractivity contribution < 1.29 is 19.5 Å². The Balaban J connectivity index is 1.41. The molecule has 0 spiro atoms. The summed E-state index contributed by atoms with van der Waals surface area (Å²) in [6, 6.07) is 5.53. The summed E-state index contributed by atoms with van der Waals surface area (Å²) in [5.74, 6) is -0.901. The maximum Gasteiger partial charge on any atom is 0.274 e. The average molecular weight is 613 g/mol. The number of fused-ring (bicyclic) bond motifs is 7. The molecule has 8 atom stereocenters. The monoisotopic (exact) mass is 612 g/mol. The highest BCUT2D eigenvalue weighted by Crippen LogP contribution is 2.75. The summed E-state index contributed by atoms with van der Waals surface area (Å²) in [5, 5.41) is 31.0. The number of carbonyl (C=O) groups excluding carboxylic acids is 3. The van der Waals surface area contributed by atoms with Gasteiger partial charge in [0.2, 0.25) is 0 Å². The maximum absolute atomic E-state index is 14.7. The van der Waals surface area contributed by atoms with Crippen molar-refractivity contribution in [3.05, 3.63) is 47.3 Å². The van der Waals surface area contributed by atoms with Crippen molar-refractivity contribution in [3.8, 4) is 6.07 Å². The van der Waals surface area contributed by atoms with Crippen molar-refractivity contribution in [2.45, 2.75) is 99.0 Å². The molecule has 8 nitrogen and oxygen atoms in total. The summed E-state index contributed by atoms with van der Waals surface area (Å²) < 4.78 is 0. The first kappa shape index (κ1) is 31.8. The number of aromatic nitrogens is 2. The number of hydrogen-bond donors (Lipinski definition) is 1. The van der Waals surface area contributed by atoms with Crippen LogP contribution >= 0.6 is 0 Å². The fourth-order valence-electron chi connectivity index (χ4n) is 11.2. The molecule has 45 heavy (non-hydrogen) atoms. The molecule has 3 fully saturated rings. The highest BCUT2D eigenvalue weighted by Gasteiger charge is 2.75. The van der Waals surface area contributed by atoms with Crippen molar-refractivity contribution in [2.24, 2.45) is 44.3 Å². The lowest BCUT2D eigenvalue weighted by Crippen LogP contribution is -2.74. The lowest BCUT2D eigenvalue weighted by Gasteiger charge is -2.71. The first-order valence-electron chi connectivity index (χ1n) is 16.5. The minimum atomic E-state index is -1.58. The van der Waals surface area contributed by atoms with Gasteiger partial charge in [-0.05, 0) is 90.9 Å². The Morgan fingerprint density at radius 1 is 1.04 bits per heavy atom. The Labute approximate surface area is 267 Å². The number of rotatable bonds is 3. The van der Waals surface area contributed by atoms with E-state index in [9.17, 15) is 24.8 Å². The molecule has 1 aromatic heterocycles. The Morgan fingerprint density at radius 2 is 1.73 bits per heavy atom. The summed E-state index contributed by atoms with van der Waals surface area (Å²) in [6.45, 7) is 15.2. The summed E-state index contributed by atoms with van der Waals surface area (Å²) in [7, 11) is 1.79. The van der Waals surface area contributed by atoms with Crippen LogP contribution in [0.1, 0.15) is 104 Å². The molecule has 6 rings (SSSR count). The van der Waals surface area contributed by atoms with Crippen LogP contribution < -0.4 is 0 Å². The molecule has 1 heterocycles. The third-order valence-corrected chi connectivity index (χ3v) is 14.1. The van der Waals surface area contributed by atoms with Crippen LogP contribution in [-0.2, 0) is 9.59 Å². The van der Waals surface area contributed by atoms with Crippen LogP contribution in [0.4, 0.5) is 0 Å². The zero-order valence-corrected chi connectivity index (χ0v) is 28.2. The van der Waals surface area contributed by atoms with E-state index in [2.05, 4.69) is 50.9 Å². The molecule has 5 aliphatic rings. The van der Waals surface area contributed by atoms with Gasteiger partial charge in [-0.1, -0.05) is 54.5 Å². The fourth-order valence-corrected chi connectivity index (χ4v) is 11.2. The number of allylic oxidation sites excluding steroid dienone is 3. The molecule has 3 saturated carbocycles. The van der Waals surface area contributed by atoms with Gasteiger partial charge in [-0.2, -0.15) is 10.4 Å². The van der Waals surface area contributed by atoms with E-state index < -0.39 is 27.3 Å². The summed E-state index contributed by atoms with van der Waals surface area (Å²) in [5.41, 5.74) is -3.32. The number of hydrogen-bond acceptors (Lipinski definition) is 7. The van der Waals surface area contributed by atoms with Crippen molar-refractivity contribution in [1.29, 1.82) is 5.26 Å². The van der Waals surface area contributed by atoms with Crippen LogP contribution in [0.2, 0.25) is 0 Å². The first-order valence-corrected chi connectivity index (χ1v) is 16.5. The fraction of sp³-hybridized carbons (Fsp3) is 0.676. The van der Waals surface area contributed by atoms with Gasteiger partial charge in [0.25, 0.3) is 5.91 Å². The molecule has 0 unspecified atom stereocenters. The second kappa shape index (κ2) is 9.67. The Kier molecular flexibility index (Phi) is 6.83. The molecule has 240 valence electrons. The quantitative estimate of drug-likeness (QED) is 0.452. The van der Waals surface area contributed by atoms with Gasteiger partial charge in [0.05, 0.1) is 5.57 Å². The SMILES string of the molecule is CN(C[C@@]1(C)CC[C@]2(C)CC[C@@]3(C)[C@]4(C)CC[C@H]5C(C)(C)C(=O)C(C#N)=C[C@]5(C)C4=CC(=O)[C@]3(O)[C@@H]2C1)C(=O)c1cccnn1. The van der Waals surface area contributed by atoms with Crippen LogP contribution in [-0.4, -0.2) is 56.9 Å². The van der Waals surface area contributed by atoms with E-state index in [4.69, 9.17) is 0 Å². The van der Waals surface area contributed by atoms with Crippen molar-refractivity contribution in [2.75, 3.05) is 13.6 Å². The van der Waals surface area contributed by atoms with Gasteiger partial charge >= 0.3 is 0 Å². The minimum absolute atomic E-state index is 0.0503. The molecule has 8 heteroatoms. The highest BCUT2D eigenvalue weighted by molar-refractivity contribution is 6.05. The third-order valence-electron chi connectivity index (χ3n) is 14.1. The Hall–Kier alpha value is -3.18. The number of carbonyl (C=O) groups is 3. The number of nitrogens with zero attached hydrogens (tertiary/aromatic N) is 4. The van der Waals surface area contributed by atoms with E-state index in [-0.39, 0.29) is 45.7 Å². The van der Waals surface area contributed by atoms with E-state index in [0.717, 1.165) is 44.1 Å². The maximum atomic E-state index is 14.7. The van der Waals surface area contributed by atoms with Gasteiger partial charge in [0.15, 0.2) is 17.3 Å². The zero-order chi connectivity index (χ0) is 33.0. The second-order valence-corrected chi connectivity index (χ2v) is 16.9. The van der Waals surface area contributed by atoms with E-state index in [0.29, 0.717) is 18.7 Å². The van der Waals surface area contributed by atoms with Gasteiger partial charge < -0.3 is 10.0 Å². The summed E-state index contributed by atoms with van der Waals surface area (Å²) in [4.78, 5) is 43.0. The largest absolute Gasteiger partial charge is 0.381 e. The minimum Gasteiger partial charge on any atom is -0.381 e. The summed E-state index contributed by atoms with van der Waals surface area (Å²) in [6.07, 6.45) is 10.6. The van der Waals surface area contributed by atoms with Crippen LogP contribution in [0.3, 0.4) is 0 Å². The van der Waals surface area contributed by atoms with Crippen LogP contribution in [0.25, 0.3) is 0 Å². The van der Waals surface area contributed by atoms with Crippen molar-refractivity contribution >= 4 is 17.5 Å².